The van der Waals surface area contributed by atoms with Gasteiger partial charge in [0.15, 0.2) is 0 Å². The van der Waals surface area contributed by atoms with Crippen molar-refractivity contribution in [2.45, 2.75) is 25.8 Å². The summed E-state index contributed by atoms with van der Waals surface area (Å²) in [6.45, 7) is 2.83. The minimum atomic E-state index is 0.372. The molecule has 20 heavy (non-hydrogen) atoms. The van der Waals surface area contributed by atoms with E-state index in [1.165, 1.54) is 16.8 Å². The second-order valence-electron chi connectivity index (χ2n) is 5.31. The van der Waals surface area contributed by atoms with Crippen molar-refractivity contribution in [1.82, 2.24) is 0 Å². The molecular weight excluding hydrogens is 244 g/mol. The first-order valence-electron chi connectivity index (χ1n) is 7.25. The molecule has 0 radical (unpaired) electrons. The Morgan fingerprint density at radius 3 is 2.30 bits per heavy atom. The van der Waals surface area contributed by atoms with Gasteiger partial charge in [-0.2, -0.15) is 0 Å². The van der Waals surface area contributed by atoms with Gasteiger partial charge >= 0.3 is 0 Å². The number of rotatable bonds is 6. The standard InChI is InChI=1S/C18H24N2/c1-15-8-6-7-11-18(15)20(2)17(14-19)13-12-16-9-4-3-5-10-16/h3-11,17H,12-14,19H2,1-2H3. The predicted octanol–water partition coefficient (Wildman–Crippen LogP) is 3.39. The molecule has 106 valence electrons. The Morgan fingerprint density at radius 1 is 1.00 bits per heavy atom. The van der Waals surface area contributed by atoms with Crippen LogP contribution in [0.5, 0.6) is 0 Å². The first-order chi connectivity index (χ1) is 9.72. The van der Waals surface area contributed by atoms with Gasteiger partial charge in [-0.25, -0.2) is 0 Å². The quantitative estimate of drug-likeness (QED) is 0.870. The van der Waals surface area contributed by atoms with Gasteiger partial charge in [0.05, 0.1) is 0 Å². The van der Waals surface area contributed by atoms with Crippen LogP contribution in [-0.2, 0) is 6.42 Å². The molecule has 0 saturated heterocycles. The van der Waals surface area contributed by atoms with Crippen molar-refractivity contribution < 1.29 is 0 Å². The molecule has 1 unspecified atom stereocenters. The number of hydrogen-bond donors (Lipinski definition) is 1. The van der Waals surface area contributed by atoms with Crippen LogP contribution in [0, 0.1) is 6.92 Å². The van der Waals surface area contributed by atoms with E-state index in [4.69, 9.17) is 5.73 Å². The number of para-hydroxylation sites is 1. The molecule has 1 atom stereocenters. The molecule has 2 aromatic carbocycles. The molecule has 0 saturated carbocycles. The van der Waals surface area contributed by atoms with Crippen molar-refractivity contribution in [1.29, 1.82) is 0 Å². The van der Waals surface area contributed by atoms with E-state index in [1.54, 1.807) is 0 Å². The molecule has 2 rings (SSSR count). The highest BCUT2D eigenvalue weighted by Gasteiger charge is 2.14. The van der Waals surface area contributed by atoms with Gasteiger partial charge in [-0.1, -0.05) is 48.5 Å². The summed E-state index contributed by atoms with van der Waals surface area (Å²) in [5.41, 5.74) is 9.94. The molecule has 0 bridgehead atoms. The predicted molar refractivity (Wildman–Crippen MR) is 87.2 cm³/mol. The van der Waals surface area contributed by atoms with Crippen molar-refractivity contribution in [2.24, 2.45) is 5.73 Å². The Labute approximate surface area is 122 Å². The fourth-order valence-electron chi connectivity index (χ4n) is 2.60. The number of aryl methyl sites for hydroxylation is 2. The van der Waals surface area contributed by atoms with Crippen molar-refractivity contribution in [3.63, 3.8) is 0 Å². The molecule has 0 aromatic heterocycles. The van der Waals surface area contributed by atoms with Crippen LogP contribution in [0.3, 0.4) is 0 Å². The zero-order valence-electron chi connectivity index (χ0n) is 12.4. The molecule has 2 nitrogen and oxygen atoms in total. The Bertz CT molecular complexity index is 522. The van der Waals surface area contributed by atoms with Crippen molar-refractivity contribution >= 4 is 5.69 Å². The van der Waals surface area contributed by atoms with Gasteiger partial charge in [-0.3, -0.25) is 0 Å². The molecular formula is C18H24N2. The third-order valence-corrected chi connectivity index (χ3v) is 3.92. The molecule has 2 N–H and O–H groups in total. The lowest BCUT2D eigenvalue weighted by Crippen LogP contribution is -2.38. The number of hydrogen-bond acceptors (Lipinski definition) is 2. The maximum atomic E-state index is 5.98. The first kappa shape index (κ1) is 14.6. The zero-order chi connectivity index (χ0) is 14.4. The summed E-state index contributed by atoms with van der Waals surface area (Å²) in [7, 11) is 2.14. The summed E-state index contributed by atoms with van der Waals surface area (Å²) < 4.78 is 0. The van der Waals surface area contributed by atoms with E-state index < -0.39 is 0 Å². The van der Waals surface area contributed by atoms with Gasteiger partial charge < -0.3 is 10.6 Å². The maximum Gasteiger partial charge on any atom is 0.0412 e. The first-order valence-corrected chi connectivity index (χ1v) is 7.25. The van der Waals surface area contributed by atoms with Gasteiger partial charge in [0.2, 0.25) is 0 Å². The fourth-order valence-corrected chi connectivity index (χ4v) is 2.60. The van der Waals surface area contributed by atoms with Gasteiger partial charge in [0.25, 0.3) is 0 Å². The normalized spacial score (nSPS) is 12.2. The van der Waals surface area contributed by atoms with Gasteiger partial charge in [0, 0.05) is 25.3 Å². The number of anilines is 1. The van der Waals surface area contributed by atoms with E-state index in [9.17, 15) is 0 Å². The molecule has 0 aliphatic carbocycles. The molecule has 0 heterocycles. The summed E-state index contributed by atoms with van der Waals surface area (Å²) in [6.07, 6.45) is 2.14. The fraction of sp³-hybridized carbons (Fsp3) is 0.333. The Balaban J connectivity index is 2.03. The van der Waals surface area contributed by atoms with Crippen LogP contribution in [0.25, 0.3) is 0 Å². The van der Waals surface area contributed by atoms with Crippen molar-refractivity contribution in [3.05, 3.63) is 65.7 Å². The maximum absolute atomic E-state index is 5.98. The SMILES string of the molecule is Cc1ccccc1N(C)C(CN)CCc1ccccc1. The van der Waals surface area contributed by atoms with Crippen LogP contribution in [0.4, 0.5) is 5.69 Å². The van der Waals surface area contributed by atoms with Gasteiger partial charge in [-0.05, 0) is 37.0 Å². The summed E-state index contributed by atoms with van der Waals surface area (Å²) in [5.74, 6) is 0. The van der Waals surface area contributed by atoms with Crippen LogP contribution in [0.1, 0.15) is 17.5 Å². The summed E-state index contributed by atoms with van der Waals surface area (Å²) >= 11 is 0. The van der Waals surface area contributed by atoms with E-state index in [0.717, 1.165) is 12.8 Å². The monoisotopic (exact) mass is 268 g/mol. The lowest BCUT2D eigenvalue weighted by atomic mass is 10.0. The number of likely N-dealkylation sites (N-methyl/N-ethyl adjacent to an activating group) is 1. The largest absolute Gasteiger partial charge is 0.370 e. The smallest absolute Gasteiger partial charge is 0.0412 e. The lowest BCUT2D eigenvalue weighted by Gasteiger charge is -2.30. The average molecular weight is 268 g/mol. The van der Waals surface area contributed by atoms with Crippen LogP contribution in [0.2, 0.25) is 0 Å². The summed E-state index contributed by atoms with van der Waals surface area (Å²) in [5, 5.41) is 0. The van der Waals surface area contributed by atoms with Crippen LogP contribution in [-0.4, -0.2) is 19.6 Å². The second-order valence-corrected chi connectivity index (χ2v) is 5.31. The highest BCUT2D eigenvalue weighted by molar-refractivity contribution is 5.53. The number of benzene rings is 2. The number of nitrogens with zero attached hydrogens (tertiary/aromatic N) is 1. The number of nitrogens with two attached hydrogens (primary N) is 1. The molecule has 0 amide bonds. The van der Waals surface area contributed by atoms with Crippen LogP contribution in [0.15, 0.2) is 54.6 Å². The molecule has 0 fully saturated rings. The molecule has 0 spiro atoms. The minimum absolute atomic E-state index is 0.372. The second kappa shape index (κ2) is 7.11. The highest BCUT2D eigenvalue weighted by atomic mass is 15.1. The lowest BCUT2D eigenvalue weighted by molar-refractivity contribution is 0.588. The molecule has 0 aliphatic heterocycles. The Hall–Kier alpha value is -1.80. The molecule has 0 aliphatic rings. The van der Waals surface area contributed by atoms with Gasteiger partial charge in [-0.15, -0.1) is 0 Å². The van der Waals surface area contributed by atoms with E-state index in [0.29, 0.717) is 12.6 Å². The third kappa shape index (κ3) is 3.61. The molecule has 2 heteroatoms. The van der Waals surface area contributed by atoms with E-state index >= 15 is 0 Å². The highest BCUT2D eigenvalue weighted by Crippen LogP contribution is 2.21. The van der Waals surface area contributed by atoms with Crippen molar-refractivity contribution in [3.8, 4) is 0 Å². The van der Waals surface area contributed by atoms with E-state index in [1.807, 2.05) is 0 Å². The Kier molecular flexibility index (Phi) is 5.19. The minimum Gasteiger partial charge on any atom is -0.370 e. The van der Waals surface area contributed by atoms with Crippen molar-refractivity contribution in [2.75, 3.05) is 18.5 Å². The molecule has 2 aromatic rings. The topological polar surface area (TPSA) is 29.3 Å². The van der Waals surface area contributed by atoms with Crippen LogP contribution >= 0.6 is 0 Å². The summed E-state index contributed by atoms with van der Waals surface area (Å²) in [6, 6.07) is 19.5. The summed E-state index contributed by atoms with van der Waals surface area (Å²) in [4.78, 5) is 2.32. The average Bonchev–Trinajstić information content (AvgIpc) is 2.49. The zero-order valence-corrected chi connectivity index (χ0v) is 12.4. The van der Waals surface area contributed by atoms with Gasteiger partial charge in [0.1, 0.15) is 0 Å². The third-order valence-electron chi connectivity index (χ3n) is 3.92. The van der Waals surface area contributed by atoms with E-state index in [-0.39, 0.29) is 0 Å². The van der Waals surface area contributed by atoms with E-state index in [2.05, 4.69) is 73.5 Å². The Morgan fingerprint density at radius 2 is 1.65 bits per heavy atom. The van der Waals surface area contributed by atoms with Crippen LogP contribution < -0.4 is 10.6 Å².